The maximum absolute atomic E-state index is 12.6. The molecule has 0 amide bonds. The SMILES string of the molecule is COC(=O)c1cc(S(=O)(=O)NCc2ccc(OC(C)C)cc2)c(C)n1C. The highest BCUT2D eigenvalue weighted by Gasteiger charge is 2.24. The molecule has 2 rings (SSSR count). The third-order valence-electron chi connectivity index (χ3n) is 3.93. The smallest absolute Gasteiger partial charge is 0.354 e. The Hall–Kier alpha value is -2.32. The molecule has 7 nitrogen and oxygen atoms in total. The fourth-order valence-corrected chi connectivity index (χ4v) is 3.76. The number of ether oxygens (including phenoxy) is 2. The van der Waals surface area contributed by atoms with E-state index in [0.717, 1.165) is 11.3 Å². The van der Waals surface area contributed by atoms with E-state index < -0.39 is 16.0 Å². The van der Waals surface area contributed by atoms with Crippen molar-refractivity contribution in [2.45, 2.75) is 38.3 Å². The topological polar surface area (TPSA) is 86.6 Å². The molecule has 0 aliphatic carbocycles. The third-order valence-corrected chi connectivity index (χ3v) is 5.45. The van der Waals surface area contributed by atoms with E-state index in [4.69, 9.17) is 4.74 Å². The second-order valence-electron chi connectivity index (χ2n) is 6.16. The number of esters is 1. The van der Waals surface area contributed by atoms with Crippen LogP contribution in [0.4, 0.5) is 0 Å². The largest absolute Gasteiger partial charge is 0.491 e. The van der Waals surface area contributed by atoms with Crippen molar-refractivity contribution < 1.29 is 22.7 Å². The van der Waals surface area contributed by atoms with E-state index in [2.05, 4.69) is 9.46 Å². The van der Waals surface area contributed by atoms with Gasteiger partial charge in [-0.25, -0.2) is 17.9 Å². The van der Waals surface area contributed by atoms with Crippen molar-refractivity contribution in [1.29, 1.82) is 0 Å². The van der Waals surface area contributed by atoms with Gasteiger partial charge in [0.1, 0.15) is 16.3 Å². The van der Waals surface area contributed by atoms with E-state index >= 15 is 0 Å². The summed E-state index contributed by atoms with van der Waals surface area (Å²) >= 11 is 0. The molecule has 0 saturated heterocycles. The number of aromatic nitrogens is 1. The fraction of sp³-hybridized carbons (Fsp3) is 0.389. The zero-order valence-electron chi connectivity index (χ0n) is 15.6. The van der Waals surface area contributed by atoms with Crippen molar-refractivity contribution in [3.05, 3.63) is 47.3 Å². The Morgan fingerprint density at radius 3 is 2.38 bits per heavy atom. The lowest BCUT2D eigenvalue weighted by molar-refractivity contribution is 0.0589. The summed E-state index contributed by atoms with van der Waals surface area (Å²) < 4.78 is 39.5. The maximum atomic E-state index is 12.6. The summed E-state index contributed by atoms with van der Waals surface area (Å²) in [6, 6.07) is 8.53. The van der Waals surface area contributed by atoms with Gasteiger partial charge in [0, 0.05) is 19.3 Å². The molecule has 0 radical (unpaired) electrons. The minimum absolute atomic E-state index is 0.0557. The summed E-state index contributed by atoms with van der Waals surface area (Å²) in [4.78, 5) is 11.8. The average molecular weight is 380 g/mol. The van der Waals surface area contributed by atoms with Crippen LogP contribution in [0.25, 0.3) is 0 Å². The van der Waals surface area contributed by atoms with Gasteiger partial charge in [-0.2, -0.15) is 0 Å². The Labute approximate surface area is 154 Å². The highest BCUT2D eigenvalue weighted by molar-refractivity contribution is 7.89. The molecule has 2 aromatic rings. The van der Waals surface area contributed by atoms with Crippen molar-refractivity contribution in [3.8, 4) is 5.75 Å². The molecule has 0 saturated carbocycles. The molecule has 0 fully saturated rings. The quantitative estimate of drug-likeness (QED) is 0.746. The standard InChI is InChI=1S/C18H24N2O5S/c1-12(2)25-15-8-6-14(7-9-15)11-19-26(22,23)17-10-16(18(21)24-5)20(4)13(17)3/h6-10,12,19H,11H2,1-5H3. The van der Waals surface area contributed by atoms with Gasteiger partial charge in [0.15, 0.2) is 0 Å². The van der Waals surface area contributed by atoms with Crippen LogP contribution < -0.4 is 9.46 Å². The van der Waals surface area contributed by atoms with Crippen LogP contribution in [0, 0.1) is 6.92 Å². The molecule has 0 bridgehead atoms. The van der Waals surface area contributed by atoms with Crippen LogP contribution in [0.3, 0.4) is 0 Å². The van der Waals surface area contributed by atoms with Crippen LogP contribution in [-0.4, -0.2) is 32.2 Å². The maximum Gasteiger partial charge on any atom is 0.354 e. The van der Waals surface area contributed by atoms with Gasteiger partial charge >= 0.3 is 5.97 Å². The van der Waals surface area contributed by atoms with Crippen molar-refractivity contribution >= 4 is 16.0 Å². The number of hydrogen-bond donors (Lipinski definition) is 1. The van der Waals surface area contributed by atoms with Crippen LogP contribution in [-0.2, 0) is 28.4 Å². The first-order chi connectivity index (χ1) is 12.2. The first kappa shape index (κ1) is 20.0. The van der Waals surface area contributed by atoms with E-state index in [9.17, 15) is 13.2 Å². The summed E-state index contributed by atoms with van der Waals surface area (Å²) in [5.41, 5.74) is 1.44. The normalized spacial score (nSPS) is 11.6. The number of rotatable bonds is 7. The van der Waals surface area contributed by atoms with Crippen molar-refractivity contribution in [2.24, 2.45) is 7.05 Å². The van der Waals surface area contributed by atoms with Gasteiger partial charge in [-0.15, -0.1) is 0 Å². The van der Waals surface area contributed by atoms with Gasteiger partial charge in [-0.05, 0) is 44.5 Å². The Bertz CT molecular complexity index is 883. The lowest BCUT2D eigenvalue weighted by Gasteiger charge is -2.11. The van der Waals surface area contributed by atoms with Gasteiger partial charge in [0.05, 0.1) is 13.2 Å². The zero-order valence-corrected chi connectivity index (χ0v) is 16.4. The van der Waals surface area contributed by atoms with Gasteiger partial charge in [-0.1, -0.05) is 12.1 Å². The summed E-state index contributed by atoms with van der Waals surface area (Å²) in [6.07, 6.45) is 0.0735. The number of nitrogens with one attached hydrogen (secondary N) is 1. The molecular weight excluding hydrogens is 356 g/mol. The van der Waals surface area contributed by atoms with Gasteiger partial charge in [-0.3, -0.25) is 0 Å². The number of nitrogens with zero attached hydrogens (tertiary/aromatic N) is 1. The average Bonchev–Trinajstić information content (AvgIpc) is 2.89. The Morgan fingerprint density at radius 1 is 1.23 bits per heavy atom. The first-order valence-electron chi connectivity index (χ1n) is 8.15. The van der Waals surface area contributed by atoms with Gasteiger partial charge in [0.2, 0.25) is 10.0 Å². The molecule has 142 valence electrons. The second-order valence-corrected chi connectivity index (χ2v) is 7.90. The van der Waals surface area contributed by atoms with Crippen LogP contribution >= 0.6 is 0 Å². The van der Waals surface area contributed by atoms with Crippen molar-refractivity contribution in [2.75, 3.05) is 7.11 Å². The number of benzene rings is 1. The van der Waals surface area contributed by atoms with Gasteiger partial charge in [0.25, 0.3) is 0 Å². The number of carbonyl (C=O) groups is 1. The molecule has 0 spiro atoms. The minimum atomic E-state index is -3.77. The summed E-state index contributed by atoms with van der Waals surface area (Å²) in [6.45, 7) is 5.64. The highest BCUT2D eigenvalue weighted by atomic mass is 32.2. The molecule has 1 aromatic carbocycles. The number of carbonyl (C=O) groups excluding carboxylic acids is 1. The summed E-state index contributed by atoms with van der Waals surface area (Å²) in [5.74, 6) is 0.144. The molecule has 26 heavy (non-hydrogen) atoms. The predicted molar refractivity (Wildman–Crippen MR) is 97.7 cm³/mol. The Balaban J connectivity index is 2.15. The van der Waals surface area contributed by atoms with E-state index in [-0.39, 0.29) is 23.2 Å². The van der Waals surface area contributed by atoms with E-state index in [1.807, 2.05) is 13.8 Å². The molecule has 1 N–H and O–H groups in total. The van der Waals surface area contributed by atoms with Crippen molar-refractivity contribution in [3.63, 3.8) is 0 Å². The summed E-state index contributed by atoms with van der Waals surface area (Å²) in [7, 11) is -0.899. The molecule has 0 aliphatic rings. The Kier molecular flexibility index (Phi) is 6.09. The highest BCUT2D eigenvalue weighted by Crippen LogP contribution is 2.21. The van der Waals surface area contributed by atoms with Crippen LogP contribution in [0.5, 0.6) is 5.75 Å². The molecule has 1 heterocycles. The molecule has 0 aliphatic heterocycles. The number of methoxy groups -OCH3 is 1. The third kappa shape index (κ3) is 4.44. The molecule has 0 atom stereocenters. The van der Waals surface area contributed by atoms with E-state index in [1.165, 1.54) is 17.7 Å². The molecule has 1 aromatic heterocycles. The molecule has 0 unspecified atom stereocenters. The Morgan fingerprint density at radius 2 is 1.85 bits per heavy atom. The van der Waals surface area contributed by atoms with E-state index in [0.29, 0.717) is 5.69 Å². The zero-order chi connectivity index (χ0) is 19.5. The lowest BCUT2D eigenvalue weighted by atomic mass is 10.2. The van der Waals surface area contributed by atoms with Crippen LogP contribution in [0.2, 0.25) is 0 Å². The molecular formula is C18H24N2O5S. The summed E-state index contributed by atoms with van der Waals surface area (Å²) in [5, 5.41) is 0. The van der Waals surface area contributed by atoms with Crippen LogP contribution in [0.1, 0.15) is 35.6 Å². The number of sulfonamides is 1. The van der Waals surface area contributed by atoms with Crippen molar-refractivity contribution in [1.82, 2.24) is 9.29 Å². The minimum Gasteiger partial charge on any atom is -0.491 e. The predicted octanol–water partition coefficient (Wildman–Crippen LogP) is 2.39. The van der Waals surface area contributed by atoms with Crippen LogP contribution in [0.15, 0.2) is 35.2 Å². The van der Waals surface area contributed by atoms with Gasteiger partial charge < -0.3 is 14.0 Å². The lowest BCUT2D eigenvalue weighted by Crippen LogP contribution is -2.23. The fourth-order valence-electron chi connectivity index (χ4n) is 2.46. The van der Waals surface area contributed by atoms with E-state index in [1.54, 1.807) is 38.2 Å². The first-order valence-corrected chi connectivity index (χ1v) is 9.64. The monoisotopic (exact) mass is 380 g/mol. The number of hydrogen-bond acceptors (Lipinski definition) is 5. The molecule has 8 heteroatoms. The second kappa shape index (κ2) is 7.92.